The smallest absolute Gasteiger partial charge is 0.243 e. The molecule has 0 saturated carbocycles. The number of nitrogens with one attached hydrogen (secondary N) is 2. The van der Waals surface area contributed by atoms with E-state index in [0.29, 0.717) is 24.5 Å². The molecule has 1 atom stereocenters. The van der Waals surface area contributed by atoms with E-state index in [-0.39, 0.29) is 22.0 Å². The van der Waals surface area contributed by atoms with Crippen LogP contribution in [0.15, 0.2) is 58.3 Å². The molecule has 9 heteroatoms. The molecule has 0 spiro atoms. The lowest BCUT2D eigenvalue weighted by Gasteiger charge is -2.16. The second-order valence-electron chi connectivity index (χ2n) is 7.09. The fraction of sp³-hybridized carbons (Fsp3) is 0.333. The standard InChI is InChI=1S/C21H25N3O4S2/c1-15(29-19-9-5-17(6-10-19)22-16(2)25)21(26)23-18-7-11-20(12-8-18)30(27,28)24-13-3-4-14-24/h5-12,15H,3-4,13-14H2,1-2H3,(H,22,25)(H,23,26)/t15-/m1/s1. The van der Waals surface area contributed by atoms with Crippen molar-refractivity contribution in [2.75, 3.05) is 23.7 Å². The van der Waals surface area contributed by atoms with Crippen molar-refractivity contribution < 1.29 is 18.0 Å². The number of thioether (sulfide) groups is 1. The first-order valence-electron chi connectivity index (χ1n) is 9.71. The first-order chi connectivity index (χ1) is 14.3. The van der Waals surface area contributed by atoms with Crippen LogP contribution in [0.4, 0.5) is 11.4 Å². The molecule has 0 bridgehead atoms. The molecule has 3 rings (SSSR count). The Balaban J connectivity index is 1.58. The minimum Gasteiger partial charge on any atom is -0.326 e. The SMILES string of the molecule is CC(=O)Nc1ccc(S[C@H](C)C(=O)Nc2ccc(S(=O)(=O)N3CCCC3)cc2)cc1. The first-order valence-corrected chi connectivity index (χ1v) is 12.0. The largest absolute Gasteiger partial charge is 0.326 e. The van der Waals surface area contributed by atoms with Crippen molar-refractivity contribution in [1.29, 1.82) is 0 Å². The monoisotopic (exact) mass is 447 g/mol. The number of amides is 2. The molecule has 0 aliphatic carbocycles. The van der Waals surface area contributed by atoms with E-state index in [1.54, 1.807) is 31.2 Å². The second-order valence-corrected chi connectivity index (χ2v) is 10.4. The van der Waals surface area contributed by atoms with Crippen LogP contribution < -0.4 is 10.6 Å². The van der Waals surface area contributed by atoms with E-state index in [0.717, 1.165) is 17.7 Å². The summed E-state index contributed by atoms with van der Waals surface area (Å²) in [5, 5.41) is 5.17. The number of hydrogen-bond acceptors (Lipinski definition) is 5. The second kappa shape index (κ2) is 9.63. The van der Waals surface area contributed by atoms with Crippen LogP contribution in [0, 0.1) is 0 Å². The lowest BCUT2D eigenvalue weighted by molar-refractivity contribution is -0.115. The maximum Gasteiger partial charge on any atom is 0.243 e. The van der Waals surface area contributed by atoms with E-state index in [2.05, 4.69) is 10.6 Å². The molecule has 1 aliphatic heterocycles. The van der Waals surface area contributed by atoms with Gasteiger partial charge in [-0.2, -0.15) is 4.31 Å². The van der Waals surface area contributed by atoms with Crippen molar-refractivity contribution in [1.82, 2.24) is 4.31 Å². The highest BCUT2D eigenvalue weighted by Gasteiger charge is 2.27. The van der Waals surface area contributed by atoms with Gasteiger partial charge >= 0.3 is 0 Å². The van der Waals surface area contributed by atoms with Crippen LogP contribution >= 0.6 is 11.8 Å². The predicted molar refractivity (Wildman–Crippen MR) is 119 cm³/mol. The number of rotatable bonds is 7. The summed E-state index contributed by atoms with van der Waals surface area (Å²) in [6.07, 6.45) is 1.78. The van der Waals surface area contributed by atoms with Crippen molar-refractivity contribution >= 4 is 45.0 Å². The van der Waals surface area contributed by atoms with Gasteiger partial charge in [-0.3, -0.25) is 9.59 Å². The van der Waals surface area contributed by atoms with Gasteiger partial charge in [0, 0.05) is 36.3 Å². The van der Waals surface area contributed by atoms with Gasteiger partial charge in [-0.15, -0.1) is 11.8 Å². The fourth-order valence-corrected chi connectivity index (χ4v) is 5.49. The summed E-state index contributed by atoms with van der Waals surface area (Å²) in [4.78, 5) is 24.7. The Labute approximate surface area is 181 Å². The number of carbonyl (C=O) groups is 2. The summed E-state index contributed by atoms with van der Waals surface area (Å²) < 4.78 is 26.6. The van der Waals surface area contributed by atoms with Crippen molar-refractivity contribution in [3.05, 3.63) is 48.5 Å². The van der Waals surface area contributed by atoms with Crippen LogP contribution in [-0.2, 0) is 19.6 Å². The van der Waals surface area contributed by atoms with Crippen molar-refractivity contribution in [3.63, 3.8) is 0 Å². The van der Waals surface area contributed by atoms with Crippen LogP contribution in [0.2, 0.25) is 0 Å². The van der Waals surface area contributed by atoms with E-state index in [9.17, 15) is 18.0 Å². The summed E-state index contributed by atoms with van der Waals surface area (Å²) in [6.45, 7) is 4.36. The number of sulfonamides is 1. The Bertz CT molecular complexity index is 1000. The lowest BCUT2D eigenvalue weighted by atomic mass is 10.3. The predicted octanol–water partition coefficient (Wildman–Crippen LogP) is 3.55. The number of nitrogens with zero attached hydrogens (tertiary/aromatic N) is 1. The van der Waals surface area contributed by atoms with Crippen molar-refractivity contribution in [3.8, 4) is 0 Å². The maximum atomic E-state index is 12.6. The Morgan fingerprint density at radius 2 is 1.47 bits per heavy atom. The van der Waals surface area contributed by atoms with E-state index < -0.39 is 10.0 Å². The number of anilines is 2. The van der Waals surface area contributed by atoms with Gasteiger partial charge in [0.1, 0.15) is 0 Å². The fourth-order valence-electron chi connectivity index (χ4n) is 3.11. The topological polar surface area (TPSA) is 95.6 Å². The summed E-state index contributed by atoms with van der Waals surface area (Å²) in [6, 6.07) is 13.5. The summed E-state index contributed by atoms with van der Waals surface area (Å²) in [7, 11) is -3.46. The molecule has 160 valence electrons. The summed E-state index contributed by atoms with van der Waals surface area (Å²) in [5.41, 5.74) is 1.25. The Hall–Kier alpha value is -2.36. The highest BCUT2D eigenvalue weighted by Crippen LogP contribution is 2.26. The van der Waals surface area contributed by atoms with Gasteiger partial charge < -0.3 is 10.6 Å². The number of benzene rings is 2. The van der Waals surface area contributed by atoms with Gasteiger partial charge in [-0.1, -0.05) is 0 Å². The number of hydrogen-bond donors (Lipinski definition) is 2. The third-order valence-corrected chi connectivity index (χ3v) is 7.71. The van der Waals surface area contributed by atoms with Gasteiger partial charge in [0.2, 0.25) is 21.8 Å². The van der Waals surface area contributed by atoms with E-state index in [1.807, 2.05) is 12.1 Å². The molecule has 1 aliphatic rings. The third-order valence-electron chi connectivity index (χ3n) is 4.68. The molecule has 7 nitrogen and oxygen atoms in total. The average Bonchev–Trinajstić information content (AvgIpc) is 3.25. The number of carbonyl (C=O) groups excluding carboxylic acids is 2. The minimum absolute atomic E-state index is 0.137. The van der Waals surface area contributed by atoms with Gasteiger partial charge in [0.05, 0.1) is 10.1 Å². The van der Waals surface area contributed by atoms with Gasteiger partial charge in [-0.25, -0.2) is 8.42 Å². The molecule has 2 aromatic carbocycles. The maximum absolute atomic E-state index is 12.6. The summed E-state index contributed by atoms with van der Waals surface area (Å²) >= 11 is 1.40. The molecule has 1 saturated heterocycles. The minimum atomic E-state index is -3.46. The molecule has 0 radical (unpaired) electrons. The highest BCUT2D eigenvalue weighted by atomic mass is 32.2. The van der Waals surface area contributed by atoms with E-state index >= 15 is 0 Å². The zero-order chi connectivity index (χ0) is 21.7. The Morgan fingerprint density at radius 3 is 2.03 bits per heavy atom. The molecule has 1 heterocycles. The average molecular weight is 448 g/mol. The van der Waals surface area contributed by atoms with Crippen LogP contribution in [0.1, 0.15) is 26.7 Å². The quantitative estimate of drug-likeness (QED) is 0.633. The molecule has 0 aromatic heterocycles. The third kappa shape index (κ3) is 5.62. The van der Waals surface area contributed by atoms with Crippen molar-refractivity contribution in [2.45, 2.75) is 41.7 Å². The zero-order valence-electron chi connectivity index (χ0n) is 16.9. The first kappa shape index (κ1) is 22.3. The van der Waals surface area contributed by atoms with Crippen LogP contribution in [0.5, 0.6) is 0 Å². The van der Waals surface area contributed by atoms with Gasteiger partial charge in [-0.05, 0) is 68.3 Å². The van der Waals surface area contributed by atoms with Crippen LogP contribution in [-0.4, -0.2) is 42.9 Å². The van der Waals surface area contributed by atoms with E-state index in [4.69, 9.17) is 0 Å². The molecular formula is C21H25N3O4S2. The van der Waals surface area contributed by atoms with Crippen LogP contribution in [0.3, 0.4) is 0 Å². The van der Waals surface area contributed by atoms with Crippen LogP contribution in [0.25, 0.3) is 0 Å². The Morgan fingerprint density at radius 1 is 0.933 bits per heavy atom. The summed E-state index contributed by atoms with van der Waals surface area (Å²) in [5.74, 6) is -0.316. The zero-order valence-corrected chi connectivity index (χ0v) is 18.6. The molecular weight excluding hydrogens is 422 g/mol. The van der Waals surface area contributed by atoms with E-state index in [1.165, 1.54) is 35.1 Å². The van der Waals surface area contributed by atoms with Crippen molar-refractivity contribution in [2.24, 2.45) is 0 Å². The lowest BCUT2D eigenvalue weighted by Crippen LogP contribution is -2.27. The molecule has 2 N–H and O–H groups in total. The highest BCUT2D eigenvalue weighted by molar-refractivity contribution is 8.00. The molecule has 0 unspecified atom stereocenters. The van der Waals surface area contributed by atoms with Gasteiger partial charge in [0.15, 0.2) is 0 Å². The molecule has 2 aromatic rings. The molecule has 1 fully saturated rings. The normalized spacial score (nSPS) is 15.5. The van der Waals surface area contributed by atoms with Gasteiger partial charge in [0.25, 0.3) is 0 Å². The molecule has 30 heavy (non-hydrogen) atoms. The molecule has 2 amide bonds. The Kier molecular flexibility index (Phi) is 7.17.